The fourth-order valence-electron chi connectivity index (χ4n) is 1.77. The van der Waals surface area contributed by atoms with Crippen LogP contribution in [0.2, 0.25) is 0 Å². The number of nitrogens with one attached hydrogen (secondary N) is 2. The Labute approximate surface area is 136 Å². The number of sulfonamides is 1. The summed E-state index contributed by atoms with van der Waals surface area (Å²) < 4.78 is 32.9. The summed E-state index contributed by atoms with van der Waals surface area (Å²) in [6.07, 6.45) is 1.13. The number of carbonyl (C=O) groups excluding carboxylic acids is 1. The molecule has 0 saturated heterocycles. The first-order valence-electron chi connectivity index (χ1n) is 6.34. The Morgan fingerprint density at radius 1 is 1.45 bits per heavy atom. The first kappa shape index (κ1) is 16.5. The van der Waals surface area contributed by atoms with Gasteiger partial charge in [-0.15, -0.1) is 0 Å². The largest absolute Gasteiger partial charge is 0.462 e. The number of aryl methyl sites for hydroxylation is 1. The highest BCUT2D eigenvalue weighted by atomic mass is 79.9. The van der Waals surface area contributed by atoms with E-state index in [1.54, 1.807) is 32.0 Å². The second-order valence-electron chi connectivity index (χ2n) is 4.40. The highest BCUT2D eigenvalue weighted by Gasteiger charge is 2.26. The Balaban J connectivity index is 2.35. The molecule has 0 amide bonds. The van der Waals surface area contributed by atoms with Gasteiger partial charge in [-0.3, -0.25) is 9.82 Å². The maximum absolute atomic E-state index is 12.4. The molecule has 0 fully saturated rings. The third kappa shape index (κ3) is 3.47. The molecule has 9 heteroatoms. The molecule has 0 bridgehead atoms. The number of benzene rings is 1. The van der Waals surface area contributed by atoms with Gasteiger partial charge in [-0.05, 0) is 37.6 Å². The van der Waals surface area contributed by atoms with Gasteiger partial charge < -0.3 is 4.74 Å². The van der Waals surface area contributed by atoms with Gasteiger partial charge in [0, 0.05) is 4.47 Å². The van der Waals surface area contributed by atoms with Crippen molar-refractivity contribution < 1.29 is 17.9 Å². The number of esters is 1. The molecule has 118 valence electrons. The van der Waals surface area contributed by atoms with Crippen molar-refractivity contribution in [1.29, 1.82) is 0 Å². The van der Waals surface area contributed by atoms with Crippen LogP contribution in [0.25, 0.3) is 0 Å². The third-order valence-corrected chi connectivity index (χ3v) is 4.63. The summed E-state index contributed by atoms with van der Waals surface area (Å²) >= 11 is 3.31. The average Bonchev–Trinajstić information content (AvgIpc) is 2.92. The molecule has 0 atom stereocenters. The first-order valence-corrected chi connectivity index (χ1v) is 8.62. The quantitative estimate of drug-likeness (QED) is 0.767. The van der Waals surface area contributed by atoms with E-state index < -0.39 is 16.0 Å². The first-order chi connectivity index (χ1) is 10.3. The van der Waals surface area contributed by atoms with Crippen LogP contribution in [0.3, 0.4) is 0 Å². The number of nitrogens with zero attached hydrogens (tertiary/aromatic N) is 1. The van der Waals surface area contributed by atoms with Gasteiger partial charge >= 0.3 is 5.97 Å². The van der Waals surface area contributed by atoms with Gasteiger partial charge in [0.1, 0.15) is 5.56 Å². The van der Waals surface area contributed by atoms with Crippen molar-refractivity contribution in [3.8, 4) is 0 Å². The minimum atomic E-state index is -3.98. The van der Waals surface area contributed by atoms with Gasteiger partial charge in [0.25, 0.3) is 10.0 Å². The summed E-state index contributed by atoms with van der Waals surface area (Å²) in [6.45, 7) is 3.54. The van der Waals surface area contributed by atoms with Crippen LogP contribution in [0.1, 0.15) is 22.8 Å². The molecule has 22 heavy (non-hydrogen) atoms. The summed E-state index contributed by atoms with van der Waals surface area (Å²) in [5, 5.41) is 5.62. The number of hydrogen-bond acceptors (Lipinski definition) is 5. The van der Waals surface area contributed by atoms with Gasteiger partial charge in [0.15, 0.2) is 5.03 Å². The van der Waals surface area contributed by atoms with E-state index in [1.165, 1.54) is 0 Å². The maximum atomic E-state index is 12.4. The van der Waals surface area contributed by atoms with Crippen LogP contribution in [0.4, 0.5) is 5.69 Å². The van der Waals surface area contributed by atoms with Crippen LogP contribution in [0.5, 0.6) is 0 Å². The highest BCUT2D eigenvalue weighted by Crippen LogP contribution is 2.23. The number of anilines is 1. The van der Waals surface area contributed by atoms with Crippen LogP contribution in [0, 0.1) is 6.92 Å². The van der Waals surface area contributed by atoms with E-state index in [1.807, 2.05) is 0 Å². The van der Waals surface area contributed by atoms with Gasteiger partial charge in [-0.25, -0.2) is 4.79 Å². The monoisotopic (exact) mass is 387 g/mol. The maximum Gasteiger partial charge on any atom is 0.342 e. The molecule has 0 saturated carbocycles. The standard InChI is InChI=1S/C13H14BrN3O4S/c1-3-21-13(18)10-7-15-16-12(10)22(19,20)17-11-5-4-9(14)6-8(11)2/h4-7,17H,3H2,1-2H3,(H,15,16). The third-order valence-electron chi connectivity index (χ3n) is 2.80. The van der Waals surface area contributed by atoms with E-state index in [4.69, 9.17) is 4.74 Å². The van der Waals surface area contributed by atoms with E-state index in [0.717, 1.165) is 16.2 Å². The molecule has 0 unspecified atom stereocenters. The molecule has 0 spiro atoms. The Kier molecular flexibility index (Phi) is 4.87. The molecule has 7 nitrogen and oxygen atoms in total. The summed E-state index contributed by atoms with van der Waals surface area (Å²) in [5.41, 5.74) is 1.01. The van der Waals surface area contributed by atoms with Crippen LogP contribution in [0.15, 0.2) is 33.9 Å². The Morgan fingerprint density at radius 2 is 2.18 bits per heavy atom. The lowest BCUT2D eigenvalue weighted by Gasteiger charge is -2.10. The van der Waals surface area contributed by atoms with Crippen molar-refractivity contribution >= 4 is 37.6 Å². The molecule has 0 radical (unpaired) electrons. The lowest BCUT2D eigenvalue weighted by Crippen LogP contribution is -2.18. The molecular weight excluding hydrogens is 374 g/mol. The number of halogens is 1. The predicted octanol–water partition coefficient (Wildman–Crippen LogP) is 2.46. The molecule has 1 aromatic carbocycles. The molecule has 0 aliphatic rings. The zero-order valence-corrected chi connectivity index (χ0v) is 14.3. The van der Waals surface area contributed by atoms with E-state index >= 15 is 0 Å². The van der Waals surface area contributed by atoms with Crippen LogP contribution in [-0.2, 0) is 14.8 Å². The summed E-state index contributed by atoms with van der Waals surface area (Å²) in [4.78, 5) is 11.8. The molecule has 1 aromatic heterocycles. The van der Waals surface area contributed by atoms with Crippen LogP contribution < -0.4 is 4.72 Å². The second kappa shape index (κ2) is 6.49. The summed E-state index contributed by atoms with van der Waals surface area (Å²) in [7, 11) is -3.98. The summed E-state index contributed by atoms with van der Waals surface area (Å²) in [5.74, 6) is -0.746. The number of aromatic nitrogens is 2. The van der Waals surface area contributed by atoms with Gasteiger partial charge in [-0.2, -0.15) is 13.5 Å². The number of hydrogen-bond donors (Lipinski definition) is 2. The number of H-pyrrole nitrogens is 1. The SMILES string of the molecule is CCOC(=O)c1cn[nH]c1S(=O)(=O)Nc1ccc(Br)cc1C. The fraction of sp³-hybridized carbons (Fsp3) is 0.231. The zero-order valence-electron chi connectivity index (χ0n) is 11.9. The molecule has 0 aliphatic carbocycles. The fourth-order valence-corrected chi connectivity index (χ4v) is 3.47. The number of aromatic amines is 1. The van der Waals surface area contributed by atoms with Gasteiger partial charge in [-0.1, -0.05) is 15.9 Å². The normalized spacial score (nSPS) is 11.2. The minimum Gasteiger partial charge on any atom is -0.462 e. The highest BCUT2D eigenvalue weighted by molar-refractivity contribution is 9.10. The van der Waals surface area contributed by atoms with Crippen LogP contribution in [-0.4, -0.2) is 31.2 Å². The number of ether oxygens (including phenoxy) is 1. The second-order valence-corrected chi connectivity index (χ2v) is 6.93. The Bertz CT molecular complexity index is 801. The smallest absolute Gasteiger partial charge is 0.342 e. The Hall–Kier alpha value is -1.87. The van der Waals surface area contributed by atoms with E-state index in [-0.39, 0.29) is 17.2 Å². The number of rotatable bonds is 5. The van der Waals surface area contributed by atoms with Crippen LogP contribution >= 0.6 is 15.9 Å². The van der Waals surface area contributed by atoms with Gasteiger partial charge in [0.2, 0.25) is 0 Å². The molecule has 1 heterocycles. The van der Waals surface area contributed by atoms with E-state index in [0.29, 0.717) is 5.69 Å². The van der Waals surface area contributed by atoms with E-state index in [9.17, 15) is 13.2 Å². The molecule has 2 aromatic rings. The van der Waals surface area contributed by atoms with E-state index in [2.05, 4.69) is 30.8 Å². The van der Waals surface area contributed by atoms with Crippen molar-refractivity contribution in [2.75, 3.05) is 11.3 Å². The minimum absolute atomic E-state index is 0.135. The predicted molar refractivity (Wildman–Crippen MR) is 84.2 cm³/mol. The lowest BCUT2D eigenvalue weighted by atomic mass is 10.2. The van der Waals surface area contributed by atoms with Gasteiger partial charge in [0.05, 0.1) is 18.5 Å². The molecular formula is C13H14BrN3O4S. The molecule has 2 N–H and O–H groups in total. The molecule has 0 aliphatic heterocycles. The lowest BCUT2D eigenvalue weighted by molar-refractivity contribution is 0.0522. The van der Waals surface area contributed by atoms with Crippen molar-refractivity contribution in [3.05, 3.63) is 40.0 Å². The van der Waals surface area contributed by atoms with Crippen molar-refractivity contribution in [1.82, 2.24) is 10.2 Å². The average molecular weight is 388 g/mol. The topological polar surface area (TPSA) is 101 Å². The Morgan fingerprint density at radius 3 is 2.82 bits per heavy atom. The van der Waals surface area contributed by atoms with Crippen molar-refractivity contribution in [2.24, 2.45) is 0 Å². The zero-order chi connectivity index (χ0) is 16.3. The number of carbonyl (C=O) groups is 1. The van der Waals surface area contributed by atoms with Crippen molar-refractivity contribution in [2.45, 2.75) is 18.9 Å². The molecule has 2 rings (SSSR count). The summed E-state index contributed by atoms with van der Waals surface area (Å²) in [6, 6.07) is 5.11. The van der Waals surface area contributed by atoms with Crippen molar-refractivity contribution in [3.63, 3.8) is 0 Å².